The number of ether oxygens (including phenoxy) is 3. The van der Waals surface area contributed by atoms with E-state index in [1.807, 2.05) is 0 Å². The molecule has 1 unspecified atom stereocenters. The van der Waals surface area contributed by atoms with Gasteiger partial charge in [0.2, 0.25) is 0 Å². The molecular weight excluding hydrogens is 661 g/mol. The third kappa shape index (κ3) is 39.9. The van der Waals surface area contributed by atoms with Crippen LogP contribution in [0.25, 0.3) is 0 Å². The van der Waals surface area contributed by atoms with Gasteiger partial charge in [0.15, 0.2) is 6.10 Å². The van der Waals surface area contributed by atoms with Crippen LogP contribution in [0.4, 0.5) is 0 Å². The van der Waals surface area contributed by atoms with Crippen molar-refractivity contribution in [2.45, 2.75) is 194 Å². The van der Waals surface area contributed by atoms with Crippen LogP contribution < -0.4 is 0 Å². The van der Waals surface area contributed by atoms with Gasteiger partial charge < -0.3 is 14.2 Å². The van der Waals surface area contributed by atoms with Crippen molar-refractivity contribution in [3.63, 3.8) is 0 Å². The lowest BCUT2D eigenvalue weighted by Gasteiger charge is -2.18. The van der Waals surface area contributed by atoms with Crippen LogP contribution in [0.3, 0.4) is 0 Å². The van der Waals surface area contributed by atoms with Gasteiger partial charge in [0.25, 0.3) is 0 Å². The van der Waals surface area contributed by atoms with Gasteiger partial charge in [-0.1, -0.05) is 145 Å². The number of carbonyl (C=O) groups is 3. The fourth-order valence-corrected chi connectivity index (χ4v) is 5.38. The second kappa shape index (κ2) is 41.6. The lowest BCUT2D eigenvalue weighted by molar-refractivity contribution is -0.166. The lowest BCUT2D eigenvalue weighted by atomic mass is 10.1. The number of unbranched alkanes of at least 4 members (excludes halogenated alkanes) is 14. The highest BCUT2D eigenvalue weighted by Crippen LogP contribution is 2.09. The molecular formula is C47H78O6. The number of carbonyl (C=O) groups excluding carboxylic acids is 3. The van der Waals surface area contributed by atoms with E-state index >= 15 is 0 Å². The molecule has 0 aromatic carbocycles. The van der Waals surface area contributed by atoms with Gasteiger partial charge in [0, 0.05) is 19.3 Å². The molecule has 0 spiro atoms. The molecule has 1 atom stereocenters. The van der Waals surface area contributed by atoms with Crippen molar-refractivity contribution in [3.8, 4) is 0 Å². The first-order valence-electron chi connectivity index (χ1n) is 21.4. The minimum Gasteiger partial charge on any atom is -0.462 e. The molecule has 0 fully saturated rings. The molecule has 0 aliphatic rings. The largest absolute Gasteiger partial charge is 0.462 e. The van der Waals surface area contributed by atoms with Crippen LogP contribution in [-0.2, 0) is 28.6 Å². The first-order valence-corrected chi connectivity index (χ1v) is 21.4. The molecule has 0 aromatic heterocycles. The molecule has 6 nitrogen and oxygen atoms in total. The van der Waals surface area contributed by atoms with E-state index in [0.717, 1.165) is 51.4 Å². The fraction of sp³-hybridized carbons (Fsp3) is 0.681. The minimum atomic E-state index is -0.818. The van der Waals surface area contributed by atoms with Gasteiger partial charge in [0.05, 0.1) is 0 Å². The van der Waals surface area contributed by atoms with Gasteiger partial charge >= 0.3 is 17.9 Å². The Bertz CT molecular complexity index is 1030. The van der Waals surface area contributed by atoms with E-state index in [0.29, 0.717) is 25.7 Å². The van der Waals surface area contributed by atoms with Crippen molar-refractivity contribution in [1.82, 2.24) is 0 Å². The highest BCUT2D eigenvalue weighted by molar-refractivity contribution is 5.71. The summed E-state index contributed by atoms with van der Waals surface area (Å²) in [5.41, 5.74) is 0. The number of hydrogen-bond acceptors (Lipinski definition) is 6. The van der Waals surface area contributed by atoms with Crippen molar-refractivity contribution in [3.05, 3.63) is 72.9 Å². The Morgan fingerprint density at radius 3 is 1.08 bits per heavy atom. The molecule has 0 heterocycles. The molecule has 0 rings (SSSR count). The summed E-state index contributed by atoms with van der Waals surface area (Å²) in [5, 5.41) is 0. The fourth-order valence-electron chi connectivity index (χ4n) is 5.38. The van der Waals surface area contributed by atoms with Crippen LogP contribution in [0.5, 0.6) is 0 Å². The first kappa shape index (κ1) is 49.9. The molecule has 0 radical (unpaired) electrons. The number of hydrogen-bond donors (Lipinski definition) is 0. The molecule has 0 aliphatic heterocycles. The minimum absolute atomic E-state index is 0.120. The maximum atomic E-state index is 12.6. The van der Waals surface area contributed by atoms with Crippen LogP contribution in [0.15, 0.2) is 72.9 Å². The summed E-state index contributed by atoms with van der Waals surface area (Å²) in [6.45, 7) is 6.40. The summed E-state index contributed by atoms with van der Waals surface area (Å²) in [5.74, 6) is -1.06. The first-order chi connectivity index (χ1) is 26.0. The van der Waals surface area contributed by atoms with Crippen LogP contribution in [-0.4, -0.2) is 37.2 Å². The quantitative estimate of drug-likeness (QED) is 0.0273. The predicted octanol–water partition coefficient (Wildman–Crippen LogP) is 13.5. The third-order valence-corrected chi connectivity index (χ3v) is 8.65. The summed E-state index contributed by atoms with van der Waals surface area (Å²) in [4.78, 5) is 37.5. The number of rotatable bonds is 37. The molecule has 0 saturated heterocycles. The predicted molar refractivity (Wildman–Crippen MR) is 224 cm³/mol. The highest BCUT2D eigenvalue weighted by atomic mass is 16.6. The van der Waals surface area contributed by atoms with Crippen molar-refractivity contribution < 1.29 is 28.6 Å². The maximum absolute atomic E-state index is 12.6. The summed E-state index contributed by atoms with van der Waals surface area (Å²) in [7, 11) is 0. The normalized spacial score (nSPS) is 12.7. The maximum Gasteiger partial charge on any atom is 0.306 e. The molecule has 53 heavy (non-hydrogen) atoms. The van der Waals surface area contributed by atoms with E-state index in [1.54, 1.807) is 0 Å². The SMILES string of the molecule is CCCCC/C=C\C/C=C\C/C=C\C/C=C\CCCC(=O)OCC(COC(=O)CCC/C=C\CCCCCC)OC(=O)CCC/C=C\CCCCCC. The molecule has 6 heteroatoms. The van der Waals surface area contributed by atoms with E-state index in [9.17, 15) is 14.4 Å². The van der Waals surface area contributed by atoms with Gasteiger partial charge in [0.1, 0.15) is 13.2 Å². The molecule has 302 valence electrons. The molecule has 0 aromatic rings. The Hall–Kier alpha value is -3.15. The van der Waals surface area contributed by atoms with Crippen molar-refractivity contribution in [2.24, 2.45) is 0 Å². The molecule has 0 bridgehead atoms. The summed E-state index contributed by atoms with van der Waals surface area (Å²) >= 11 is 0. The topological polar surface area (TPSA) is 78.9 Å². The van der Waals surface area contributed by atoms with Gasteiger partial charge in [-0.3, -0.25) is 14.4 Å². The van der Waals surface area contributed by atoms with Crippen LogP contribution >= 0.6 is 0 Å². The molecule has 0 N–H and O–H groups in total. The smallest absolute Gasteiger partial charge is 0.306 e. The van der Waals surface area contributed by atoms with E-state index in [-0.39, 0.29) is 44.0 Å². The van der Waals surface area contributed by atoms with Gasteiger partial charge in [-0.15, -0.1) is 0 Å². The van der Waals surface area contributed by atoms with Crippen molar-refractivity contribution in [1.29, 1.82) is 0 Å². The van der Waals surface area contributed by atoms with Gasteiger partial charge in [-0.2, -0.15) is 0 Å². The average molecular weight is 739 g/mol. The molecule has 0 saturated carbocycles. The van der Waals surface area contributed by atoms with Crippen LogP contribution in [0.1, 0.15) is 188 Å². The Balaban J connectivity index is 4.48. The van der Waals surface area contributed by atoms with Crippen LogP contribution in [0, 0.1) is 0 Å². The van der Waals surface area contributed by atoms with Crippen molar-refractivity contribution >= 4 is 17.9 Å². The molecule has 0 amide bonds. The van der Waals surface area contributed by atoms with Gasteiger partial charge in [-0.25, -0.2) is 0 Å². The highest BCUT2D eigenvalue weighted by Gasteiger charge is 2.19. The number of esters is 3. The second-order valence-electron chi connectivity index (χ2n) is 13.9. The standard InChI is InChI=1S/C47H78O6/c1-4-7-10-13-16-19-20-21-22-23-24-25-26-29-31-34-37-40-46(49)52-43-44(53-47(50)41-38-35-32-28-18-15-12-9-6-3)42-51-45(48)39-36-33-30-27-17-14-11-8-5-2/h16,19,21-22,24-25,27-32,44H,4-15,17-18,20,23,26,33-43H2,1-3H3/b19-16-,22-21-,25-24-,30-27-,31-29-,32-28-. The Morgan fingerprint density at radius 2 is 0.679 bits per heavy atom. The van der Waals surface area contributed by atoms with E-state index < -0.39 is 6.10 Å². The van der Waals surface area contributed by atoms with E-state index in [2.05, 4.69) is 93.7 Å². The van der Waals surface area contributed by atoms with Crippen molar-refractivity contribution in [2.75, 3.05) is 13.2 Å². The zero-order chi connectivity index (χ0) is 38.7. The Morgan fingerprint density at radius 1 is 0.377 bits per heavy atom. The number of allylic oxidation sites excluding steroid dienone is 12. The second-order valence-corrected chi connectivity index (χ2v) is 13.9. The summed E-state index contributed by atoms with van der Waals surface area (Å²) < 4.78 is 16.5. The third-order valence-electron chi connectivity index (χ3n) is 8.65. The lowest BCUT2D eigenvalue weighted by Crippen LogP contribution is -2.30. The zero-order valence-corrected chi connectivity index (χ0v) is 34.3. The Labute approximate surface area is 325 Å². The monoisotopic (exact) mass is 739 g/mol. The van der Waals surface area contributed by atoms with Gasteiger partial charge in [-0.05, 0) is 96.3 Å². The Kier molecular flexibility index (Phi) is 39.1. The summed E-state index contributed by atoms with van der Waals surface area (Å²) in [6.07, 6.45) is 50.5. The average Bonchev–Trinajstić information content (AvgIpc) is 3.15. The van der Waals surface area contributed by atoms with E-state index in [1.165, 1.54) is 77.0 Å². The molecule has 0 aliphatic carbocycles. The summed E-state index contributed by atoms with van der Waals surface area (Å²) in [6, 6.07) is 0. The van der Waals surface area contributed by atoms with E-state index in [4.69, 9.17) is 14.2 Å². The zero-order valence-electron chi connectivity index (χ0n) is 34.3. The van der Waals surface area contributed by atoms with Crippen LogP contribution in [0.2, 0.25) is 0 Å².